The molecule has 2 aromatic carbocycles. The lowest BCUT2D eigenvalue weighted by molar-refractivity contribution is 0.306. The van der Waals surface area contributed by atoms with Crippen LogP contribution >= 0.6 is 0 Å². The van der Waals surface area contributed by atoms with Gasteiger partial charge in [0, 0.05) is 0 Å². The fourth-order valence-electron chi connectivity index (χ4n) is 2.20. The van der Waals surface area contributed by atoms with E-state index in [1.54, 1.807) is 0 Å². The Kier molecular flexibility index (Phi) is 3.56. The predicted octanol–water partition coefficient (Wildman–Crippen LogP) is 3.77. The number of aryl methyl sites for hydroxylation is 3. The molecule has 0 fully saturated rings. The number of rotatable bonds is 3. The summed E-state index contributed by atoms with van der Waals surface area (Å²) in [6, 6.07) is 11.9. The SMILES string of the molecule is Cc1cc(C)c(COc2ccccc2N)c(C)c1. The molecule has 2 heteroatoms. The van der Waals surface area contributed by atoms with Crippen molar-refractivity contribution in [2.75, 3.05) is 5.73 Å². The van der Waals surface area contributed by atoms with Crippen molar-refractivity contribution in [3.8, 4) is 5.75 Å². The Balaban J connectivity index is 2.19. The minimum absolute atomic E-state index is 0.562. The Hall–Kier alpha value is -1.96. The molecule has 94 valence electrons. The summed E-state index contributed by atoms with van der Waals surface area (Å²) in [4.78, 5) is 0. The zero-order chi connectivity index (χ0) is 13.1. The van der Waals surface area contributed by atoms with Crippen LogP contribution in [0.3, 0.4) is 0 Å². The highest BCUT2D eigenvalue weighted by Gasteiger charge is 2.06. The van der Waals surface area contributed by atoms with Crippen molar-refractivity contribution in [1.29, 1.82) is 0 Å². The number of nitrogens with two attached hydrogens (primary N) is 1. The quantitative estimate of drug-likeness (QED) is 0.830. The standard InChI is InChI=1S/C16H19NO/c1-11-8-12(2)14(13(3)9-11)10-18-16-7-5-4-6-15(16)17/h4-9H,10,17H2,1-3H3. The highest BCUT2D eigenvalue weighted by molar-refractivity contribution is 5.52. The molecule has 0 aliphatic rings. The van der Waals surface area contributed by atoms with E-state index >= 15 is 0 Å². The minimum Gasteiger partial charge on any atom is -0.487 e. The Bertz CT molecular complexity index is 538. The van der Waals surface area contributed by atoms with Gasteiger partial charge in [-0.05, 0) is 49.6 Å². The van der Waals surface area contributed by atoms with Crippen molar-refractivity contribution in [2.45, 2.75) is 27.4 Å². The van der Waals surface area contributed by atoms with Crippen molar-refractivity contribution < 1.29 is 4.74 Å². The number of anilines is 1. The Morgan fingerprint density at radius 2 is 1.61 bits per heavy atom. The minimum atomic E-state index is 0.562. The molecule has 2 nitrogen and oxygen atoms in total. The number of para-hydroxylation sites is 2. The third-order valence-corrected chi connectivity index (χ3v) is 3.13. The van der Waals surface area contributed by atoms with E-state index in [0.717, 1.165) is 5.75 Å². The number of nitrogen functional groups attached to an aromatic ring is 1. The molecule has 0 aromatic heterocycles. The van der Waals surface area contributed by atoms with Crippen LogP contribution in [-0.2, 0) is 6.61 Å². The first kappa shape index (κ1) is 12.5. The summed E-state index contributed by atoms with van der Waals surface area (Å²) < 4.78 is 5.80. The average molecular weight is 241 g/mol. The maximum atomic E-state index is 5.86. The van der Waals surface area contributed by atoms with E-state index < -0.39 is 0 Å². The van der Waals surface area contributed by atoms with E-state index in [1.165, 1.54) is 22.3 Å². The molecule has 0 unspecified atom stereocenters. The zero-order valence-corrected chi connectivity index (χ0v) is 11.2. The van der Waals surface area contributed by atoms with Crippen LogP contribution in [0.15, 0.2) is 36.4 Å². The van der Waals surface area contributed by atoms with E-state index in [9.17, 15) is 0 Å². The molecular weight excluding hydrogens is 222 g/mol. The van der Waals surface area contributed by atoms with Crippen LogP contribution in [0.2, 0.25) is 0 Å². The van der Waals surface area contributed by atoms with Crippen molar-refractivity contribution in [3.63, 3.8) is 0 Å². The van der Waals surface area contributed by atoms with E-state index in [0.29, 0.717) is 12.3 Å². The third-order valence-electron chi connectivity index (χ3n) is 3.13. The molecule has 0 spiro atoms. The lowest BCUT2D eigenvalue weighted by Gasteiger charge is -2.13. The summed E-state index contributed by atoms with van der Waals surface area (Å²) in [7, 11) is 0. The van der Waals surface area contributed by atoms with Gasteiger partial charge >= 0.3 is 0 Å². The molecule has 0 atom stereocenters. The van der Waals surface area contributed by atoms with E-state index in [1.807, 2.05) is 24.3 Å². The number of hydrogen-bond acceptors (Lipinski definition) is 2. The predicted molar refractivity (Wildman–Crippen MR) is 75.8 cm³/mol. The van der Waals surface area contributed by atoms with Crippen LogP contribution in [0.4, 0.5) is 5.69 Å². The van der Waals surface area contributed by atoms with Crippen molar-refractivity contribution >= 4 is 5.69 Å². The highest BCUT2D eigenvalue weighted by atomic mass is 16.5. The second kappa shape index (κ2) is 5.13. The van der Waals surface area contributed by atoms with Gasteiger partial charge in [-0.15, -0.1) is 0 Å². The molecule has 0 amide bonds. The smallest absolute Gasteiger partial charge is 0.142 e. The molecule has 0 radical (unpaired) electrons. The number of benzene rings is 2. The maximum Gasteiger partial charge on any atom is 0.142 e. The third kappa shape index (κ3) is 2.65. The summed E-state index contributed by atoms with van der Waals surface area (Å²) in [6.45, 7) is 6.91. The summed E-state index contributed by atoms with van der Waals surface area (Å²) in [6.07, 6.45) is 0. The molecule has 0 saturated carbocycles. The Morgan fingerprint density at radius 3 is 2.22 bits per heavy atom. The normalized spacial score (nSPS) is 10.4. The summed E-state index contributed by atoms with van der Waals surface area (Å²) in [5, 5.41) is 0. The van der Waals surface area contributed by atoms with Crippen LogP contribution in [-0.4, -0.2) is 0 Å². The monoisotopic (exact) mass is 241 g/mol. The van der Waals surface area contributed by atoms with Crippen molar-refractivity contribution in [1.82, 2.24) is 0 Å². The lowest BCUT2D eigenvalue weighted by atomic mass is 10.0. The molecule has 0 aliphatic carbocycles. The van der Waals surface area contributed by atoms with Crippen LogP contribution in [0.25, 0.3) is 0 Å². The Labute approximate surface area is 108 Å². The van der Waals surface area contributed by atoms with Gasteiger partial charge in [0.2, 0.25) is 0 Å². The fraction of sp³-hybridized carbons (Fsp3) is 0.250. The molecule has 2 aromatic rings. The fourth-order valence-corrected chi connectivity index (χ4v) is 2.20. The van der Waals surface area contributed by atoms with Gasteiger partial charge in [-0.1, -0.05) is 29.8 Å². The second-order valence-electron chi connectivity index (χ2n) is 4.70. The number of ether oxygens (including phenoxy) is 1. The van der Waals surface area contributed by atoms with E-state index in [2.05, 4.69) is 32.9 Å². The van der Waals surface area contributed by atoms with Gasteiger partial charge in [-0.3, -0.25) is 0 Å². The lowest BCUT2D eigenvalue weighted by Crippen LogP contribution is -2.02. The molecule has 2 rings (SSSR count). The molecule has 18 heavy (non-hydrogen) atoms. The van der Waals surface area contributed by atoms with Crippen LogP contribution in [0.1, 0.15) is 22.3 Å². The van der Waals surface area contributed by atoms with E-state index in [-0.39, 0.29) is 0 Å². The summed E-state index contributed by atoms with van der Waals surface area (Å²) >= 11 is 0. The van der Waals surface area contributed by atoms with Crippen LogP contribution in [0.5, 0.6) is 5.75 Å². The summed E-state index contributed by atoms with van der Waals surface area (Å²) in [5.41, 5.74) is 11.6. The van der Waals surface area contributed by atoms with Gasteiger partial charge in [0.05, 0.1) is 5.69 Å². The van der Waals surface area contributed by atoms with Gasteiger partial charge in [0.15, 0.2) is 0 Å². The first-order valence-electron chi connectivity index (χ1n) is 6.12. The van der Waals surface area contributed by atoms with Crippen molar-refractivity contribution in [3.05, 3.63) is 58.7 Å². The topological polar surface area (TPSA) is 35.2 Å². The summed E-state index contributed by atoms with van der Waals surface area (Å²) in [5.74, 6) is 0.747. The molecule has 0 saturated heterocycles. The van der Waals surface area contributed by atoms with Gasteiger partial charge < -0.3 is 10.5 Å². The molecular formula is C16H19NO. The molecule has 0 aliphatic heterocycles. The van der Waals surface area contributed by atoms with E-state index in [4.69, 9.17) is 10.5 Å². The van der Waals surface area contributed by atoms with Gasteiger partial charge in [-0.2, -0.15) is 0 Å². The molecule has 0 heterocycles. The first-order chi connectivity index (χ1) is 8.58. The van der Waals surface area contributed by atoms with Crippen LogP contribution in [0, 0.1) is 20.8 Å². The number of hydrogen-bond donors (Lipinski definition) is 1. The molecule has 0 bridgehead atoms. The zero-order valence-electron chi connectivity index (χ0n) is 11.2. The first-order valence-corrected chi connectivity index (χ1v) is 6.12. The Morgan fingerprint density at radius 1 is 1.00 bits per heavy atom. The van der Waals surface area contributed by atoms with Gasteiger partial charge in [-0.25, -0.2) is 0 Å². The second-order valence-corrected chi connectivity index (χ2v) is 4.70. The molecule has 2 N–H and O–H groups in total. The van der Waals surface area contributed by atoms with Gasteiger partial charge in [0.25, 0.3) is 0 Å². The maximum absolute atomic E-state index is 5.86. The largest absolute Gasteiger partial charge is 0.487 e. The average Bonchev–Trinajstić information content (AvgIpc) is 2.30. The van der Waals surface area contributed by atoms with Crippen LogP contribution < -0.4 is 10.5 Å². The highest BCUT2D eigenvalue weighted by Crippen LogP contribution is 2.23. The van der Waals surface area contributed by atoms with Crippen molar-refractivity contribution in [2.24, 2.45) is 0 Å². The van der Waals surface area contributed by atoms with Gasteiger partial charge in [0.1, 0.15) is 12.4 Å².